The van der Waals surface area contributed by atoms with E-state index < -0.39 is 35.8 Å². The average molecular weight is 249 g/mol. The van der Waals surface area contributed by atoms with E-state index in [9.17, 15) is 26.3 Å². The van der Waals surface area contributed by atoms with Crippen LogP contribution in [0.25, 0.3) is 0 Å². The van der Waals surface area contributed by atoms with E-state index in [1.807, 2.05) is 0 Å². The first-order valence-corrected chi connectivity index (χ1v) is 2.84. The first-order valence-electron chi connectivity index (χ1n) is 4.84. The normalized spacial score (nSPS) is 40.8. The molecule has 1 saturated heterocycles. The molecule has 0 aromatic carbocycles. The summed E-state index contributed by atoms with van der Waals surface area (Å²) >= 11 is 0. The molecule has 1 fully saturated rings. The third-order valence-electron chi connectivity index (χ3n) is 1.31. The van der Waals surface area contributed by atoms with Crippen molar-refractivity contribution in [2.24, 2.45) is 5.84 Å². The van der Waals surface area contributed by atoms with Crippen molar-refractivity contribution < 1.29 is 31.8 Å². The van der Waals surface area contributed by atoms with Gasteiger partial charge in [0.15, 0.2) is 0 Å². The van der Waals surface area contributed by atoms with Gasteiger partial charge in [0.05, 0.1) is 18.5 Å². The third-order valence-corrected chi connectivity index (χ3v) is 1.31. The van der Waals surface area contributed by atoms with Gasteiger partial charge in [-0.2, -0.15) is 26.3 Å². The highest BCUT2D eigenvalue weighted by atomic mass is 35.5. The number of hydrogen-bond donors (Lipinski definition) is 1. The summed E-state index contributed by atoms with van der Waals surface area (Å²) in [5.74, 6) is -13.5. The Bertz CT molecular complexity index is 321. The minimum Gasteiger partial charge on any atom is -0.268 e. The lowest BCUT2D eigenvalue weighted by molar-refractivity contribution is -0.338. The Morgan fingerprint density at radius 3 is 1.57 bits per heavy atom. The van der Waals surface area contributed by atoms with Crippen LogP contribution in [0.1, 0.15) is 5.48 Å². The summed E-state index contributed by atoms with van der Waals surface area (Å²) in [6, 6.07) is 0. The zero-order valence-corrected chi connectivity index (χ0v) is 7.02. The molecule has 14 heavy (non-hydrogen) atoms. The highest BCUT2D eigenvalue weighted by molar-refractivity contribution is 5.85. The number of halogens is 7. The van der Waals surface area contributed by atoms with Crippen LogP contribution in [0.5, 0.6) is 0 Å². The highest BCUT2D eigenvalue weighted by Crippen LogP contribution is 2.48. The number of alkyl halides is 6. The van der Waals surface area contributed by atoms with E-state index in [0.29, 0.717) is 0 Å². The Morgan fingerprint density at radius 1 is 1.00 bits per heavy atom. The molecule has 0 atom stereocenters. The molecular weight excluding hydrogens is 238 g/mol. The average Bonchev–Trinajstić information content (AvgIpc) is 2.13. The summed E-state index contributed by atoms with van der Waals surface area (Å²) in [5.41, 5.74) is 0. The number of hydrogen-bond acceptors (Lipinski definition) is 2. The van der Waals surface area contributed by atoms with E-state index in [1.165, 1.54) is 0 Å². The van der Waals surface area contributed by atoms with Gasteiger partial charge in [-0.1, -0.05) is 0 Å². The van der Waals surface area contributed by atoms with Crippen LogP contribution in [0.15, 0.2) is 0 Å². The van der Waals surface area contributed by atoms with Crippen molar-refractivity contribution >= 4 is 12.4 Å². The van der Waals surface area contributed by atoms with Gasteiger partial charge in [0.25, 0.3) is 0 Å². The van der Waals surface area contributed by atoms with E-state index in [-0.39, 0.29) is 12.4 Å². The van der Waals surface area contributed by atoms with Gasteiger partial charge in [-0.15, -0.1) is 12.4 Å². The van der Waals surface area contributed by atoms with Gasteiger partial charge in [0, 0.05) is 0 Å². The lowest BCUT2D eigenvalue weighted by atomic mass is 10.00. The number of nitrogens with zero attached hydrogens (tertiary/aromatic N) is 1. The van der Waals surface area contributed by atoms with E-state index in [2.05, 4.69) is 5.84 Å². The third kappa shape index (κ3) is 1.78. The maximum Gasteiger partial charge on any atom is 0.374 e. The molecule has 0 spiro atoms. The fraction of sp³-hybridized carbons (Fsp3) is 1.00. The van der Waals surface area contributed by atoms with Crippen LogP contribution in [-0.4, -0.2) is 35.8 Å². The maximum absolute atomic E-state index is 13.0. The summed E-state index contributed by atoms with van der Waals surface area (Å²) in [4.78, 5) is 0. The van der Waals surface area contributed by atoms with Crippen LogP contribution in [0.4, 0.5) is 26.3 Å². The fourth-order valence-electron chi connectivity index (χ4n) is 0.668. The topological polar surface area (TPSA) is 29.3 Å². The molecule has 0 aliphatic carbocycles. The first-order chi connectivity index (χ1) is 7.15. The van der Waals surface area contributed by atoms with Crippen molar-refractivity contribution in [1.82, 2.24) is 5.01 Å². The molecule has 1 aliphatic rings. The first kappa shape index (κ1) is 8.00. The maximum atomic E-state index is 13.0. The minimum atomic E-state index is -6.22. The van der Waals surface area contributed by atoms with E-state index >= 15 is 0 Å². The van der Waals surface area contributed by atoms with Crippen LogP contribution in [0.3, 0.4) is 0 Å². The molecule has 1 aliphatic heterocycles. The summed E-state index contributed by atoms with van der Waals surface area (Å²) in [7, 11) is 0. The second kappa shape index (κ2) is 3.42. The monoisotopic (exact) mass is 248 g/mol. The molecule has 0 saturated carbocycles. The van der Waals surface area contributed by atoms with Crippen molar-refractivity contribution in [2.45, 2.75) is 17.8 Å². The molecule has 2 nitrogen and oxygen atoms in total. The van der Waals surface area contributed by atoms with E-state index in [1.54, 1.807) is 0 Å². The lowest BCUT2D eigenvalue weighted by Crippen LogP contribution is -2.68. The predicted molar refractivity (Wildman–Crippen MR) is 37.8 cm³/mol. The van der Waals surface area contributed by atoms with Crippen LogP contribution in [0.2, 0.25) is 0 Å². The summed E-state index contributed by atoms with van der Waals surface area (Å²) in [6.07, 6.45) is 0. The second-order valence-electron chi connectivity index (χ2n) is 2.32. The Morgan fingerprint density at radius 2 is 1.29 bits per heavy atom. The largest absolute Gasteiger partial charge is 0.374 e. The number of piperidine rings is 1. The van der Waals surface area contributed by atoms with Crippen molar-refractivity contribution in [3.8, 4) is 0 Å². The Kier molecular flexibility index (Phi) is 1.96. The van der Waals surface area contributed by atoms with Gasteiger partial charge in [0.1, 0.15) is 0 Å². The molecule has 2 N–H and O–H groups in total. The minimum absolute atomic E-state index is 0. The lowest BCUT2D eigenvalue weighted by Gasteiger charge is -2.40. The zero-order valence-electron chi connectivity index (χ0n) is 10.2. The molecule has 0 aromatic heterocycles. The van der Waals surface area contributed by atoms with E-state index in [4.69, 9.17) is 5.48 Å². The van der Waals surface area contributed by atoms with Crippen molar-refractivity contribution in [1.29, 1.82) is 0 Å². The summed E-state index contributed by atoms with van der Waals surface area (Å²) in [5, 5.41) is -1.22. The van der Waals surface area contributed by atoms with Crippen molar-refractivity contribution in [3.05, 3.63) is 0 Å². The Hall–Kier alpha value is -0.210. The second-order valence-corrected chi connectivity index (χ2v) is 2.32. The molecule has 0 bridgehead atoms. The van der Waals surface area contributed by atoms with Crippen molar-refractivity contribution in [2.75, 3.05) is 13.0 Å². The van der Waals surface area contributed by atoms with Crippen LogP contribution in [-0.2, 0) is 0 Å². The van der Waals surface area contributed by atoms with Gasteiger partial charge in [0.2, 0.25) is 0 Å². The van der Waals surface area contributed by atoms with Gasteiger partial charge in [-0.25, -0.2) is 5.01 Å². The smallest absolute Gasteiger partial charge is 0.268 e. The van der Waals surface area contributed by atoms with Gasteiger partial charge < -0.3 is 0 Å². The molecule has 0 amide bonds. The molecule has 86 valence electrons. The molecule has 1 rings (SSSR count). The van der Waals surface area contributed by atoms with Gasteiger partial charge in [-0.05, 0) is 0 Å². The predicted octanol–water partition coefficient (Wildman–Crippen LogP) is 1.50. The number of rotatable bonds is 0. The molecule has 0 aromatic rings. The standard InChI is InChI=1S/C5H6F6N2.ClH/c6-3(7)1-13(12)2-4(8,9)5(3,10)11;/h1-2,12H2;1H/i1D2,2D2;. The van der Waals surface area contributed by atoms with Crippen LogP contribution in [0, 0.1) is 0 Å². The van der Waals surface area contributed by atoms with Gasteiger partial charge >= 0.3 is 17.8 Å². The number of nitrogens with two attached hydrogens (primary N) is 1. The molecular formula is C5H7ClF6N2. The quantitative estimate of drug-likeness (QED) is 0.520. The summed E-state index contributed by atoms with van der Waals surface area (Å²) < 4.78 is 104. The molecule has 9 heteroatoms. The number of hydrazine groups is 1. The summed E-state index contributed by atoms with van der Waals surface area (Å²) in [6.45, 7) is -8.94. The molecule has 1 heterocycles. The fourth-order valence-corrected chi connectivity index (χ4v) is 0.668. The van der Waals surface area contributed by atoms with Crippen molar-refractivity contribution in [3.63, 3.8) is 0 Å². The zero-order chi connectivity index (χ0) is 14.1. The Balaban J connectivity index is 0.00000289. The van der Waals surface area contributed by atoms with Crippen LogP contribution < -0.4 is 5.84 Å². The van der Waals surface area contributed by atoms with Crippen LogP contribution >= 0.6 is 12.4 Å². The Labute approximate surface area is 87.0 Å². The SMILES string of the molecule is Cl.[2H]C1([2H])N(N)C([2H])([2H])C(F)(F)C(F)(F)C1(F)F. The van der Waals surface area contributed by atoms with E-state index in [0.717, 1.165) is 0 Å². The van der Waals surface area contributed by atoms with Gasteiger partial charge in [-0.3, -0.25) is 5.84 Å². The molecule has 0 radical (unpaired) electrons. The molecule has 0 unspecified atom stereocenters. The highest BCUT2D eigenvalue weighted by Gasteiger charge is 2.74.